The number of alkyl halides is 3. The lowest BCUT2D eigenvalue weighted by Crippen LogP contribution is -2.46. The number of amides is 1. The van der Waals surface area contributed by atoms with E-state index in [0.29, 0.717) is 12.8 Å². The van der Waals surface area contributed by atoms with Crippen LogP contribution in [0.3, 0.4) is 0 Å². The smallest absolute Gasteiger partial charge is 0.334 e. The maximum Gasteiger partial charge on any atom is 0.417 e. The molecular formula is C14H14BrF3N2O. The van der Waals surface area contributed by atoms with Gasteiger partial charge in [-0.25, -0.2) is 0 Å². The Morgan fingerprint density at radius 1 is 1.33 bits per heavy atom. The molecule has 0 fully saturated rings. The normalized spacial score (nSPS) is 11.9. The highest BCUT2D eigenvalue weighted by Gasteiger charge is 2.34. The van der Waals surface area contributed by atoms with E-state index >= 15 is 0 Å². The molecule has 0 saturated carbocycles. The molecule has 21 heavy (non-hydrogen) atoms. The van der Waals surface area contributed by atoms with Gasteiger partial charge in [0.1, 0.15) is 5.54 Å². The summed E-state index contributed by atoms with van der Waals surface area (Å²) < 4.78 is 38.3. The maximum atomic E-state index is 12.8. The van der Waals surface area contributed by atoms with Gasteiger partial charge in [0, 0.05) is 10.0 Å². The van der Waals surface area contributed by atoms with Crippen LogP contribution in [0.5, 0.6) is 0 Å². The van der Waals surface area contributed by atoms with Crippen LogP contribution >= 0.6 is 15.9 Å². The van der Waals surface area contributed by atoms with Crippen molar-refractivity contribution in [3.63, 3.8) is 0 Å². The third-order valence-electron chi connectivity index (χ3n) is 3.31. The zero-order chi connectivity index (χ0) is 16.3. The molecule has 1 N–H and O–H groups in total. The van der Waals surface area contributed by atoms with Crippen LogP contribution in [0, 0.1) is 11.3 Å². The van der Waals surface area contributed by atoms with E-state index in [0.717, 1.165) is 6.07 Å². The van der Waals surface area contributed by atoms with E-state index in [1.54, 1.807) is 13.8 Å². The third kappa shape index (κ3) is 3.97. The van der Waals surface area contributed by atoms with E-state index < -0.39 is 23.2 Å². The first-order chi connectivity index (χ1) is 9.69. The monoisotopic (exact) mass is 362 g/mol. The number of hydrogen-bond donors (Lipinski definition) is 1. The van der Waals surface area contributed by atoms with Crippen molar-refractivity contribution in [2.45, 2.75) is 38.4 Å². The van der Waals surface area contributed by atoms with Gasteiger partial charge in [0.15, 0.2) is 0 Å². The molecule has 114 valence electrons. The summed E-state index contributed by atoms with van der Waals surface area (Å²) in [6, 6.07) is 5.23. The third-order valence-corrected chi connectivity index (χ3v) is 4.00. The molecule has 0 heterocycles. The Labute approximate surface area is 129 Å². The molecule has 1 aromatic rings. The van der Waals surface area contributed by atoms with Crippen LogP contribution in [-0.4, -0.2) is 11.4 Å². The molecule has 1 aromatic carbocycles. The van der Waals surface area contributed by atoms with Crippen LogP contribution in [0.25, 0.3) is 0 Å². The van der Waals surface area contributed by atoms with Gasteiger partial charge in [-0.3, -0.25) is 4.79 Å². The van der Waals surface area contributed by atoms with Gasteiger partial charge >= 0.3 is 6.18 Å². The molecule has 0 bridgehead atoms. The van der Waals surface area contributed by atoms with Crippen LogP contribution in [0.15, 0.2) is 22.7 Å². The molecular weight excluding hydrogens is 349 g/mol. The Kier molecular flexibility index (Phi) is 5.40. The number of nitrogens with one attached hydrogen (secondary N) is 1. The second-order valence-corrected chi connectivity index (χ2v) is 5.40. The predicted molar refractivity (Wildman–Crippen MR) is 75.5 cm³/mol. The Hall–Kier alpha value is -1.55. The fourth-order valence-corrected chi connectivity index (χ4v) is 2.26. The summed E-state index contributed by atoms with van der Waals surface area (Å²) in [6.45, 7) is 3.46. The molecule has 0 unspecified atom stereocenters. The summed E-state index contributed by atoms with van der Waals surface area (Å²) in [5, 5.41) is 11.7. The number of benzene rings is 1. The lowest BCUT2D eigenvalue weighted by molar-refractivity contribution is -0.138. The first-order valence-corrected chi connectivity index (χ1v) is 7.09. The maximum absolute atomic E-state index is 12.8. The topological polar surface area (TPSA) is 52.9 Å². The first-order valence-electron chi connectivity index (χ1n) is 6.29. The lowest BCUT2D eigenvalue weighted by Gasteiger charge is -2.25. The fraction of sp³-hybridized carbons (Fsp3) is 0.429. The second-order valence-electron chi connectivity index (χ2n) is 4.55. The van der Waals surface area contributed by atoms with E-state index in [1.165, 1.54) is 12.1 Å². The highest BCUT2D eigenvalue weighted by Crippen LogP contribution is 2.35. The zero-order valence-electron chi connectivity index (χ0n) is 11.5. The number of rotatable bonds is 4. The van der Waals surface area contributed by atoms with E-state index in [1.807, 2.05) is 6.07 Å². The van der Waals surface area contributed by atoms with Crippen molar-refractivity contribution in [2.24, 2.45) is 0 Å². The summed E-state index contributed by atoms with van der Waals surface area (Å²) in [5.74, 6) is -0.696. The van der Waals surface area contributed by atoms with Gasteiger partial charge in [-0.2, -0.15) is 18.4 Å². The molecule has 0 aliphatic rings. The van der Waals surface area contributed by atoms with Crippen molar-refractivity contribution in [1.82, 2.24) is 5.32 Å². The van der Waals surface area contributed by atoms with Crippen molar-refractivity contribution in [3.8, 4) is 6.07 Å². The number of carbonyl (C=O) groups is 1. The Bertz CT molecular complexity index is 575. The summed E-state index contributed by atoms with van der Waals surface area (Å²) in [6.07, 6.45) is -3.82. The quantitative estimate of drug-likeness (QED) is 0.868. The molecule has 1 amide bonds. The van der Waals surface area contributed by atoms with E-state index in [-0.39, 0.29) is 10.0 Å². The Morgan fingerprint density at radius 3 is 2.33 bits per heavy atom. The zero-order valence-corrected chi connectivity index (χ0v) is 13.1. The van der Waals surface area contributed by atoms with E-state index in [2.05, 4.69) is 21.2 Å². The number of nitrogens with zero attached hydrogens (tertiary/aromatic N) is 1. The van der Waals surface area contributed by atoms with Crippen LogP contribution in [0.2, 0.25) is 0 Å². The summed E-state index contributed by atoms with van der Waals surface area (Å²) in [5.41, 5.74) is -2.12. The summed E-state index contributed by atoms with van der Waals surface area (Å²) >= 11 is 2.81. The highest BCUT2D eigenvalue weighted by molar-refractivity contribution is 9.10. The molecule has 0 atom stereocenters. The van der Waals surface area contributed by atoms with Crippen LogP contribution < -0.4 is 5.32 Å². The Morgan fingerprint density at radius 2 is 1.90 bits per heavy atom. The SMILES string of the molecule is CCC(C#N)(CC)NC(=O)c1ccc(Br)c(C(F)(F)F)c1. The minimum Gasteiger partial charge on any atom is -0.334 e. The predicted octanol–water partition coefficient (Wildman–Crippen LogP) is 4.28. The summed E-state index contributed by atoms with van der Waals surface area (Å²) in [4.78, 5) is 12.1. The minimum absolute atomic E-state index is 0.132. The molecule has 3 nitrogen and oxygen atoms in total. The molecule has 0 aromatic heterocycles. The van der Waals surface area contributed by atoms with Crippen molar-refractivity contribution < 1.29 is 18.0 Å². The average molecular weight is 363 g/mol. The van der Waals surface area contributed by atoms with Gasteiger partial charge in [-0.05, 0) is 31.0 Å². The molecule has 0 aliphatic carbocycles. The van der Waals surface area contributed by atoms with Crippen molar-refractivity contribution in [2.75, 3.05) is 0 Å². The van der Waals surface area contributed by atoms with E-state index in [4.69, 9.17) is 5.26 Å². The van der Waals surface area contributed by atoms with Gasteiger partial charge in [-0.15, -0.1) is 0 Å². The van der Waals surface area contributed by atoms with Gasteiger partial charge in [-0.1, -0.05) is 29.8 Å². The van der Waals surface area contributed by atoms with Crippen molar-refractivity contribution in [1.29, 1.82) is 5.26 Å². The molecule has 0 aliphatic heterocycles. The van der Waals surface area contributed by atoms with Crippen LogP contribution in [-0.2, 0) is 6.18 Å². The van der Waals surface area contributed by atoms with Gasteiger partial charge in [0.05, 0.1) is 11.6 Å². The molecule has 0 spiro atoms. The number of nitriles is 1. The first kappa shape index (κ1) is 17.5. The van der Waals surface area contributed by atoms with Gasteiger partial charge < -0.3 is 5.32 Å². The van der Waals surface area contributed by atoms with Crippen molar-refractivity contribution in [3.05, 3.63) is 33.8 Å². The largest absolute Gasteiger partial charge is 0.417 e. The standard InChI is InChI=1S/C14H14BrF3N2O/c1-3-13(4-2,8-19)20-12(21)9-5-6-11(15)10(7-9)14(16,17)18/h5-7H,3-4H2,1-2H3,(H,20,21). The average Bonchev–Trinajstić information content (AvgIpc) is 2.44. The number of halogens is 4. The molecule has 0 saturated heterocycles. The number of hydrogen-bond acceptors (Lipinski definition) is 2. The second kappa shape index (κ2) is 6.48. The van der Waals surface area contributed by atoms with Crippen LogP contribution in [0.1, 0.15) is 42.6 Å². The van der Waals surface area contributed by atoms with Crippen LogP contribution in [0.4, 0.5) is 13.2 Å². The van der Waals surface area contributed by atoms with Gasteiger partial charge in [0.2, 0.25) is 0 Å². The van der Waals surface area contributed by atoms with E-state index in [9.17, 15) is 18.0 Å². The highest BCUT2D eigenvalue weighted by atomic mass is 79.9. The van der Waals surface area contributed by atoms with Gasteiger partial charge in [0.25, 0.3) is 5.91 Å². The molecule has 7 heteroatoms. The Balaban J connectivity index is 3.13. The van der Waals surface area contributed by atoms with Crippen molar-refractivity contribution >= 4 is 21.8 Å². The fourth-order valence-electron chi connectivity index (χ4n) is 1.79. The molecule has 1 rings (SSSR count). The molecule has 0 radical (unpaired) electrons. The minimum atomic E-state index is -4.56. The lowest BCUT2D eigenvalue weighted by atomic mass is 9.94. The number of carbonyl (C=O) groups excluding carboxylic acids is 1. The summed E-state index contributed by atoms with van der Waals surface area (Å²) in [7, 11) is 0.